The molecule has 2 aromatic heterocycles. The third kappa shape index (κ3) is 2.69. The van der Waals surface area contributed by atoms with Crippen LogP contribution >= 0.6 is 0 Å². The Hall–Kier alpha value is -2.14. The summed E-state index contributed by atoms with van der Waals surface area (Å²) in [6, 6.07) is 10.1. The smallest absolute Gasteiger partial charge is 0.134 e. The van der Waals surface area contributed by atoms with Gasteiger partial charge in [-0.15, -0.1) is 5.10 Å². The summed E-state index contributed by atoms with van der Waals surface area (Å²) in [5, 5.41) is 12.8. The van der Waals surface area contributed by atoms with Gasteiger partial charge in [-0.1, -0.05) is 37.3 Å². The van der Waals surface area contributed by atoms with Gasteiger partial charge < -0.3 is 9.73 Å². The third-order valence-electron chi connectivity index (χ3n) is 3.52. The van der Waals surface area contributed by atoms with E-state index < -0.39 is 0 Å². The molecule has 3 rings (SSSR count). The number of benzene rings is 1. The second-order valence-electron chi connectivity index (χ2n) is 5.06. The van der Waals surface area contributed by atoms with Crippen molar-refractivity contribution in [3.05, 3.63) is 48.0 Å². The maximum Gasteiger partial charge on any atom is 0.134 e. The van der Waals surface area contributed by atoms with Crippen LogP contribution in [0, 0.1) is 0 Å². The van der Waals surface area contributed by atoms with Gasteiger partial charge in [0.05, 0.1) is 11.9 Å². The fourth-order valence-electron chi connectivity index (χ4n) is 2.57. The first-order valence-corrected chi connectivity index (χ1v) is 7.43. The average molecular weight is 284 g/mol. The quantitative estimate of drug-likeness (QED) is 0.755. The summed E-state index contributed by atoms with van der Waals surface area (Å²) in [4.78, 5) is 0. The number of para-hydroxylation sites is 1. The summed E-state index contributed by atoms with van der Waals surface area (Å²) in [7, 11) is 0. The fourth-order valence-corrected chi connectivity index (χ4v) is 2.57. The molecule has 110 valence electrons. The summed E-state index contributed by atoms with van der Waals surface area (Å²) in [5.41, 5.74) is 1.95. The van der Waals surface area contributed by atoms with Gasteiger partial charge in [0.15, 0.2) is 0 Å². The molecule has 0 spiro atoms. The van der Waals surface area contributed by atoms with Gasteiger partial charge >= 0.3 is 0 Å². The first-order chi connectivity index (χ1) is 10.3. The van der Waals surface area contributed by atoms with Gasteiger partial charge in [-0.05, 0) is 25.1 Å². The summed E-state index contributed by atoms with van der Waals surface area (Å²) in [6.45, 7) is 5.93. The van der Waals surface area contributed by atoms with Crippen molar-refractivity contribution in [2.45, 2.75) is 32.9 Å². The van der Waals surface area contributed by atoms with Gasteiger partial charge in [0.1, 0.15) is 17.4 Å². The molecule has 5 heteroatoms. The van der Waals surface area contributed by atoms with E-state index in [1.807, 2.05) is 29.1 Å². The van der Waals surface area contributed by atoms with Crippen LogP contribution in [0.5, 0.6) is 0 Å². The van der Waals surface area contributed by atoms with Crippen molar-refractivity contribution in [3.8, 4) is 0 Å². The van der Waals surface area contributed by atoms with Gasteiger partial charge in [-0.2, -0.15) is 0 Å². The number of nitrogens with zero attached hydrogens (tertiary/aromatic N) is 3. The predicted octanol–water partition coefficient (Wildman–Crippen LogP) is 3.13. The van der Waals surface area contributed by atoms with Crippen molar-refractivity contribution in [1.82, 2.24) is 20.3 Å². The Morgan fingerprint density at radius 2 is 2.14 bits per heavy atom. The van der Waals surface area contributed by atoms with Crippen molar-refractivity contribution in [1.29, 1.82) is 0 Å². The van der Waals surface area contributed by atoms with Crippen molar-refractivity contribution >= 4 is 11.0 Å². The Labute approximate surface area is 123 Å². The summed E-state index contributed by atoms with van der Waals surface area (Å²) < 4.78 is 7.95. The zero-order chi connectivity index (χ0) is 14.7. The number of furan rings is 1. The molecule has 0 aliphatic rings. The minimum Gasteiger partial charge on any atom is -0.459 e. The van der Waals surface area contributed by atoms with E-state index in [9.17, 15) is 0 Å². The van der Waals surface area contributed by atoms with Crippen LogP contribution in [0.1, 0.15) is 37.8 Å². The van der Waals surface area contributed by atoms with E-state index in [1.165, 1.54) is 0 Å². The molecule has 1 N–H and O–H groups in total. The molecule has 0 saturated carbocycles. The van der Waals surface area contributed by atoms with Crippen molar-refractivity contribution in [2.24, 2.45) is 0 Å². The molecule has 3 aromatic rings. The van der Waals surface area contributed by atoms with E-state index >= 15 is 0 Å². The van der Waals surface area contributed by atoms with Crippen LogP contribution in [0.2, 0.25) is 0 Å². The second-order valence-corrected chi connectivity index (χ2v) is 5.06. The summed E-state index contributed by atoms with van der Waals surface area (Å²) >= 11 is 0. The van der Waals surface area contributed by atoms with Crippen LogP contribution in [-0.2, 0) is 6.54 Å². The topological polar surface area (TPSA) is 55.9 Å². The highest BCUT2D eigenvalue weighted by Crippen LogP contribution is 2.27. The minimum absolute atomic E-state index is 0.0241. The highest BCUT2D eigenvalue weighted by Gasteiger charge is 2.21. The van der Waals surface area contributed by atoms with Crippen LogP contribution < -0.4 is 5.32 Å². The van der Waals surface area contributed by atoms with Crippen molar-refractivity contribution < 1.29 is 4.42 Å². The Morgan fingerprint density at radius 3 is 2.90 bits per heavy atom. The first kappa shape index (κ1) is 13.8. The lowest BCUT2D eigenvalue weighted by molar-refractivity contribution is 0.444. The van der Waals surface area contributed by atoms with Gasteiger partial charge in [-0.25, -0.2) is 4.68 Å². The number of hydrogen-bond acceptors (Lipinski definition) is 4. The summed E-state index contributed by atoms with van der Waals surface area (Å²) in [6.07, 6.45) is 2.84. The molecule has 0 saturated heterocycles. The second kappa shape index (κ2) is 6.10. The molecule has 0 amide bonds. The van der Waals surface area contributed by atoms with E-state index in [2.05, 4.69) is 41.6 Å². The zero-order valence-corrected chi connectivity index (χ0v) is 12.4. The molecule has 1 aromatic carbocycles. The molecular weight excluding hydrogens is 264 g/mol. The van der Waals surface area contributed by atoms with Gasteiger partial charge in [0.25, 0.3) is 0 Å². The number of aromatic nitrogens is 3. The first-order valence-electron chi connectivity index (χ1n) is 7.43. The monoisotopic (exact) mass is 284 g/mol. The van der Waals surface area contributed by atoms with Gasteiger partial charge in [0.2, 0.25) is 0 Å². The molecule has 0 aliphatic carbocycles. The van der Waals surface area contributed by atoms with Gasteiger partial charge in [-0.3, -0.25) is 0 Å². The van der Waals surface area contributed by atoms with E-state index in [1.54, 1.807) is 0 Å². The molecule has 0 fully saturated rings. The molecule has 21 heavy (non-hydrogen) atoms. The predicted molar refractivity (Wildman–Crippen MR) is 82.0 cm³/mol. The van der Waals surface area contributed by atoms with E-state index in [4.69, 9.17) is 4.42 Å². The highest BCUT2D eigenvalue weighted by molar-refractivity contribution is 5.77. The molecule has 5 nitrogen and oxygen atoms in total. The molecule has 0 bridgehead atoms. The molecule has 1 unspecified atom stereocenters. The molecule has 0 radical (unpaired) electrons. The van der Waals surface area contributed by atoms with Crippen molar-refractivity contribution in [3.63, 3.8) is 0 Å². The van der Waals surface area contributed by atoms with E-state index in [0.29, 0.717) is 0 Å². The summed E-state index contributed by atoms with van der Waals surface area (Å²) in [5.74, 6) is 0.901. The van der Waals surface area contributed by atoms with Crippen LogP contribution in [0.15, 0.2) is 40.9 Å². The SMILES string of the molecule is CCCn1nncc1C(NCC)c1cc2ccccc2o1. The Bertz CT molecular complexity index is 683. The Morgan fingerprint density at radius 1 is 1.29 bits per heavy atom. The lowest BCUT2D eigenvalue weighted by Crippen LogP contribution is -2.24. The molecular formula is C16H20N4O. The number of hydrogen-bond donors (Lipinski definition) is 1. The van der Waals surface area contributed by atoms with Crippen molar-refractivity contribution in [2.75, 3.05) is 6.54 Å². The fraction of sp³-hybridized carbons (Fsp3) is 0.375. The largest absolute Gasteiger partial charge is 0.459 e. The minimum atomic E-state index is -0.0241. The van der Waals surface area contributed by atoms with Crippen LogP contribution in [0.4, 0.5) is 0 Å². The maximum absolute atomic E-state index is 6.01. The average Bonchev–Trinajstić information content (AvgIpc) is 3.11. The maximum atomic E-state index is 6.01. The zero-order valence-electron chi connectivity index (χ0n) is 12.4. The van der Waals surface area contributed by atoms with E-state index in [-0.39, 0.29) is 6.04 Å². The number of rotatable bonds is 6. The molecule has 1 atom stereocenters. The molecule has 0 aliphatic heterocycles. The number of fused-ring (bicyclic) bond motifs is 1. The number of aryl methyl sites for hydroxylation is 1. The van der Waals surface area contributed by atoms with Crippen LogP contribution in [-0.4, -0.2) is 21.5 Å². The molecule has 2 heterocycles. The lowest BCUT2D eigenvalue weighted by Gasteiger charge is -2.16. The van der Waals surface area contributed by atoms with E-state index in [0.717, 1.165) is 41.9 Å². The number of nitrogens with one attached hydrogen (secondary N) is 1. The Balaban J connectivity index is 2.02. The lowest BCUT2D eigenvalue weighted by atomic mass is 10.1. The highest BCUT2D eigenvalue weighted by atomic mass is 16.3. The van der Waals surface area contributed by atoms with Crippen LogP contribution in [0.3, 0.4) is 0 Å². The van der Waals surface area contributed by atoms with Gasteiger partial charge in [0, 0.05) is 11.9 Å². The Kier molecular flexibility index (Phi) is 4.01. The third-order valence-corrected chi connectivity index (χ3v) is 3.52. The standard InChI is InChI=1S/C16H20N4O/c1-3-9-20-13(11-18-19-20)16(17-4-2)15-10-12-7-5-6-8-14(12)21-15/h5-8,10-11,16-17H,3-4,9H2,1-2H3. The van der Waals surface area contributed by atoms with Crippen LogP contribution in [0.25, 0.3) is 11.0 Å². The normalized spacial score (nSPS) is 12.9.